The van der Waals surface area contributed by atoms with Gasteiger partial charge in [0.25, 0.3) is 0 Å². The van der Waals surface area contributed by atoms with Gasteiger partial charge >= 0.3 is 17.9 Å². The lowest BCUT2D eigenvalue weighted by molar-refractivity contribution is -0.167. The molecular formula is C77H146O6. The van der Waals surface area contributed by atoms with Crippen LogP contribution in [0.1, 0.15) is 432 Å². The monoisotopic (exact) mass is 1170 g/mol. The van der Waals surface area contributed by atoms with E-state index in [1.54, 1.807) is 0 Å². The molecule has 0 aromatic heterocycles. The Morgan fingerprint density at radius 1 is 0.241 bits per heavy atom. The summed E-state index contributed by atoms with van der Waals surface area (Å²) >= 11 is 0. The maximum Gasteiger partial charge on any atom is 0.306 e. The third-order valence-corrected chi connectivity index (χ3v) is 17.5. The fraction of sp³-hybridized carbons (Fsp3) is 0.909. The third kappa shape index (κ3) is 70.5. The number of hydrogen-bond donors (Lipinski definition) is 0. The molecule has 83 heavy (non-hydrogen) atoms. The molecule has 0 heterocycles. The van der Waals surface area contributed by atoms with Crippen molar-refractivity contribution >= 4 is 17.9 Å². The molecular weight excluding hydrogens is 1020 g/mol. The molecule has 1 unspecified atom stereocenters. The summed E-state index contributed by atoms with van der Waals surface area (Å²) in [5.74, 6) is -0.833. The van der Waals surface area contributed by atoms with Crippen molar-refractivity contribution in [2.75, 3.05) is 13.2 Å². The first-order valence-corrected chi connectivity index (χ1v) is 37.8. The fourth-order valence-electron chi connectivity index (χ4n) is 11.8. The molecule has 0 saturated carbocycles. The molecule has 0 aliphatic rings. The van der Waals surface area contributed by atoms with E-state index in [-0.39, 0.29) is 31.1 Å². The summed E-state index contributed by atoms with van der Waals surface area (Å²) in [6.07, 6.45) is 89.4. The summed E-state index contributed by atoms with van der Waals surface area (Å²) in [5.41, 5.74) is 0. The Morgan fingerprint density at radius 2 is 0.434 bits per heavy atom. The summed E-state index contributed by atoms with van der Waals surface area (Å²) in [6, 6.07) is 0. The molecule has 0 aromatic carbocycles. The Hall–Kier alpha value is -2.11. The van der Waals surface area contributed by atoms with Crippen LogP contribution in [0.2, 0.25) is 0 Å². The van der Waals surface area contributed by atoms with Gasteiger partial charge in [-0.2, -0.15) is 0 Å². The second kappa shape index (κ2) is 72.4. The van der Waals surface area contributed by atoms with E-state index >= 15 is 0 Å². The lowest BCUT2D eigenvalue weighted by atomic mass is 10.0. The molecule has 0 bridgehead atoms. The van der Waals surface area contributed by atoms with Crippen LogP contribution in [0.25, 0.3) is 0 Å². The van der Waals surface area contributed by atoms with Gasteiger partial charge in [0.05, 0.1) is 0 Å². The molecule has 0 amide bonds. The van der Waals surface area contributed by atoms with Crippen LogP contribution in [0, 0.1) is 0 Å². The van der Waals surface area contributed by atoms with Crippen molar-refractivity contribution in [1.29, 1.82) is 0 Å². The van der Waals surface area contributed by atoms with Crippen LogP contribution in [-0.2, 0) is 28.6 Å². The molecule has 1 atom stereocenters. The minimum absolute atomic E-state index is 0.0661. The predicted molar refractivity (Wildman–Crippen MR) is 363 cm³/mol. The summed E-state index contributed by atoms with van der Waals surface area (Å²) < 4.78 is 17.0. The summed E-state index contributed by atoms with van der Waals surface area (Å²) in [5, 5.41) is 0. The molecule has 0 aliphatic heterocycles. The first-order chi connectivity index (χ1) is 41.0. The highest BCUT2D eigenvalue weighted by Crippen LogP contribution is 2.20. The van der Waals surface area contributed by atoms with E-state index in [9.17, 15) is 14.4 Å². The van der Waals surface area contributed by atoms with Gasteiger partial charge in [-0.15, -0.1) is 0 Å². The normalized spacial score (nSPS) is 12.1. The molecule has 0 radical (unpaired) electrons. The largest absolute Gasteiger partial charge is 0.462 e. The van der Waals surface area contributed by atoms with E-state index in [1.807, 2.05) is 0 Å². The Labute approximate surface area is 519 Å². The van der Waals surface area contributed by atoms with Gasteiger partial charge in [-0.1, -0.05) is 385 Å². The molecule has 0 aromatic rings. The second-order valence-corrected chi connectivity index (χ2v) is 25.9. The Bertz CT molecular complexity index is 1340. The minimum Gasteiger partial charge on any atom is -0.462 e. The highest BCUT2D eigenvalue weighted by atomic mass is 16.6. The number of carbonyl (C=O) groups is 3. The lowest BCUT2D eigenvalue weighted by Gasteiger charge is -2.18. The van der Waals surface area contributed by atoms with Crippen LogP contribution in [0.4, 0.5) is 0 Å². The zero-order chi connectivity index (χ0) is 59.9. The molecule has 490 valence electrons. The van der Waals surface area contributed by atoms with Crippen molar-refractivity contribution in [2.45, 2.75) is 438 Å². The Morgan fingerprint density at radius 3 is 0.687 bits per heavy atom. The Kier molecular flexibility index (Phi) is 70.5. The highest BCUT2D eigenvalue weighted by molar-refractivity contribution is 5.71. The average Bonchev–Trinajstić information content (AvgIpc) is 3.49. The van der Waals surface area contributed by atoms with Crippen molar-refractivity contribution in [3.63, 3.8) is 0 Å². The van der Waals surface area contributed by atoms with Gasteiger partial charge < -0.3 is 14.2 Å². The zero-order valence-electron chi connectivity index (χ0n) is 56.5. The van der Waals surface area contributed by atoms with Gasteiger partial charge in [-0.3, -0.25) is 14.4 Å². The number of unbranched alkanes of at least 4 members (excludes halogenated alkanes) is 56. The van der Waals surface area contributed by atoms with Crippen LogP contribution in [0.5, 0.6) is 0 Å². The molecule has 6 heteroatoms. The van der Waals surface area contributed by atoms with Gasteiger partial charge in [0.15, 0.2) is 6.10 Å². The highest BCUT2D eigenvalue weighted by Gasteiger charge is 2.20. The number of ether oxygens (including phenoxy) is 3. The summed E-state index contributed by atoms with van der Waals surface area (Å²) in [6.45, 7) is 6.71. The van der Waals surface area contributed by atoms with Crippen LogP contribution in [0.3, 0.4) is 0 Å². The molecule has 0 fully saturated rings. The van der Waals surface area contributed by atoms with Crippen LogP contribution < -0.4 is 0 Å². The molecule has 0 N–H and O–H groups in total. The molecule has 0 rings (SSSR count). The van der Waals surface area contributed by atoms with E-state index in [4.69, 9.17) is 14.2 Å². The lowest BCUT2D eigenvalue weighted by Crippen LogP contribution is -2.30. The maximum atomic E-state index is 13.0. The molecule has 0 saturated heterocycles. The van der Waals surface area contributed by atoms with Crippen molar-refractivity contribution in [3.8, 4) is 0 Å². The number of hydrogen-bond acceptors (Lipinski definition) is 6. The van der Waals surface area contributed by atoms with E-state index in [2.05, 4.69) is 45.1 Å². The average molecular weight is 1170 g/mol. The number of rotatable bonds is 71. The van der Waals surface area contributed by atoms with E-state index in [0.717, 1.165) is 64.2 Å². The first kappa shape index (κ1) is 80.9. The predicted octanol–water partition coefficient (Wildman–Crippen LogP) is 26.1. The van der Waals surface area contributed by atoms with Crippen molar-refractivity contribution < 1.29 is 28.6 Å². The van der Waals surface area contributed by atoms with Crippen LogP contribution >= 0.6 is 0 Å². The minimum atomic E-state index is -0.771. The third-order valence-electron chi connectivity index (χ3n) is 17.5. The molecule has 0 spiro atoms. The summed E-state index contributed by atoms with van der Waals surface area (Å²) in [7, 11) is 0. The van der Waals surface area contributed by atoms with E-state index in [0.29, 0.717) is 19.3 Å². The van der Waals surface area contributed by atoms with Crippen LogP contribution in [0.15, 0.2) is 24.3 Å². The standard InChI is InChI=1S/C77H146O6/c1-4-7-10-13-16-19-22-25-28-31-33-34-35-36-37-38-39-40-41-42-44-46-49-52-55-58-61-64-67-70-76(79)82-73-74(72-81-75(78)69-66-63-60-57-54-51-48-45-30-27-24-21-18-15-12-9-6-3)83-77(80)71-68-65-62-59-56-53-50-47-43-32-29-26-23-20-17-14-11-8-5-2/h17,20,26,29,74H,4-16,18-19,21-25,27-28,30-73H2,1-3H3/b20-17-,29-26-. The van der Waals surface area contributed by atoms with E-state index < -0.39 is 6.10 Å². The SMILES string of the molecule is CCCCC/C=C\C/C=C\CCCCCCCCCCCC(=O)OC(COC(=O)CCCCCCCCCCCCCCCCCCC)COC(=O)CCCCCCCCCCCCCCCCCCCCCCCCCCCCCCC. The number of carbonyl (C=O) groups excluding carboxylic acids is 3. The molecule has 0 aliphatic carbocycles. The smallest absolute Gasteiger partial charge is 0.306 e. The van der Waals surface area contributed by atoms with E-state index in [1.165, 1.54) is 327 Å². The quantitative estimate of drug-likeness (QED) is 0.0261. The Balaban J connectivity index is 4.21. The van der Waals surface area contributed by atoms with Crippen LogP contribution in [-0.4, -0.2) is 37.2 Å². The number of esters is 3. The first-order valence-electron chi connectivity index (χ1n) is 37.8. The number of allylic oxidation sites excluding steroid dienone is 4. The van der Waals surface area contributed by atoms with Crippen molar-refractivity contribution in [2.24, 2.45) is 0 Å². The summed E-state index contributed by atoms with van der Waals surface area (Å²) in [4.78, 5) is 38.5. The van der Waals surface area contributed by atoms with Gasteiger partial charge in [-0.05, 0) is 51.4 Å². The molecule has 6 nitrogen and oxygen atoms in total. The van der Waals surface area contributed by atoms with Gasteiger partial charge in [0.1, 0.15) is 13.2 Å². The zero-order valence-corrected chi connectivity index (χ0v) is 56.5. The second-order valence-electron chi connectivity index (χ2n) is 25.9. The fourth-order valence-corrected chi connectivity index (χ4v) is 11.8. The maximum absolute atomic E-state index is 13.0. The van der Waals surface area contributed by atoms with Gasteiger partial charge in [0, 0.05) is 19.3 Å². The topological polar surface area (TPSA) is 78.9 Å². The van der Waals surface area contributed by atoms with Gasteiger partial charge in [-0.25, -0.2) is 0 Å². The van der Waals surface area contributed by atoms with Gasteiger partial charge in [0.2, 0.25) is 0 Å². The van der Waals surface area contributed by atoms with Crippen molar-refractivity contribution in [1.82, 2.24) is 0 Å². The van der Waals surface area contributed by atoms with Crippen molar-refractivity contribution in [3.05, 3.63) is 24.3 Å².